The fourth-order valence-electron chi connectivity index (χ4n) is 2.09. The number of aromatic nitrogens is 1. The molecule has 0 bridgehead atoms. The molecule has 114 valence electrons. The van der Waals surface area contributed by atoms with E-state index in [1.165, 1.54) is 4.70 Å². The molecule has 0 saturated heterocycles. The van der Waals surface area contributed by atoms with Gasteiger partial charge in [0.05, 0.1) is 16.8 Å². The van der Waals surface area contributed by atoms with Crippen molar-refractivity contribution in [3.63, 3.8) is 0 Å². The van der Waals surface area contributed by atoms with Gasteiger partial charge in [0.15, 0.2) is 4.34 Å². The molecule has 0 fully saturated rings. The number of hydrogen-bond acceptors (Lipinski definition) is 6. The van der Waals surface area contributed by atoms with Gasteiger partial charge < -0.3 is 10.5 Å². The Bertz CT molecular complexity index is 592. The summed E-state index contributed by atoms with van der Waals surface area (Å²) < 4.78 is 7.20. The van der Waals surface area contributed by atoms with Gasteiger partial charge >= 0.3 is 5.97 Å². The average molecular weight is 324 g/mol. The molecule has 6 heteroatoms. The van der Waals surface area contributed by atoms with E-state index in [2.05, 4.69) is 18.0 Å². The summed E-state index contributed by atoms with van der Waals surface area (Å²) in [6.45, 7) is 5.92. The maximum absolute atomic E-state index is 11.8. The highest BCUT2D eigenvalue weighted by molar-refractivity contribution is 8.01. The van der Waals surface area contributed by atoms with Gasteiger partial charge in [-0.1, -0.05) is 30.8 Å². The summed E-state index contributed by atoms with van der Waals surface area (Å²) in [6.07, 6.45) is 0.548. The molecule has 1 aromatic heterocycles. The molecule has 0 amide bonds. The lowest BCUT2D eigenvalue weighted by atomic mass is 9.98. The molecule has 2 rings (SSSR count). The fraction of sp³-hybridized carbons (Fsp3) is 0.467. The van der Waals surface area contributed by atoms with Gasteiger partial charge in [0.2, 0.25) is 0 Å². The molecule has 0 aliphatic carbocycles. The molecule has 0 aliphatic heterocycles. The predicted octanol–water partition coefficient (Wildman–Crippen LogP) is 3.45. The number of thioether (sulfide) groups is 1. The van der Waals surface area contributed by atoms with Crippen LogP contribution >= 0.6 is 23.1 Å². The molecule has 2 atom stereocenters. The molecular weight excluding hydrogens is 304 g/mol. The van der Waals surface area contributed by atoms with Gasteiger partial charge in [-0.05, 0) is 32.4 Å². The predicted molar refractivity (Wildman–Crippen MR) is 88.8 cm³/mol. The Morgan fingerprint density at radius 3 is 2.90 bits per heavy atom. The maximum atomic E-state index is 11.8. The maximum Gasteiger partial charge on any atom is 0.325 e. The monoisotopic (exact) mass is 324 g/mol. The number of thiazole rings is 1. The van der Waals surface area contributed by atoms with Crippen LogP contribution in [-0.2, 0) is 9.53 Å². The minimum atomic E-state index is -0.959. The van der Waals surface area contributed by atoms with Crippen molar-refractivity contribution in [1.82, 2.24) is 4.98 Å². The molecule has 0 radical (unpaired) electrons. The number of nitrogens with two attached hydrogens (primary N) is 1. The van der Waals surface area contributed by atoms with E-state index in [4.69, 9.17) is 10.5 Å². The Hall–Kier alpha value is -1.11. The number of ether oxygens (including phenoxy) is 1. The van der Waals surface area contributed by atoms with E-state index in [1.807, 2.05) is 18.2 Å². The second-order valence-electron chi connectivity index (χ2n) is 5.22. The zero-order valence-electron chi connectivity index (χ0n) is 12.5. The van der Waals surface area contributed by atoms with Gasteiger partial charge in [-0.2, -0.15) is 0 Å². The summed E-state index contributed by atoms with van der Waals surface area (Å²) in [5.74, 6) is -0.346. The number of rotatable bonds is 6. The van der Waals surface area contributed by atoms with Gasteiger partial charge in [-0.25, -0.2) is 4.98 Å². The lowest BCUT2D eigenvalue weighted by Gasteiger charge is -2.24. The number of benzene rings is 1. The third-order valence-electron chi connectivity index (χ3n) is 3.03. The lowest BCUT2D eigenvalue weighted by Crippen LogP contribution is -2.47. The number of carbonyl (C=O) groups excluding carboxylic acids is 1. The van der Waals surface area contributed by atoms with Crippen molar-refractivity contribution >= 4 is 39.3 Å². The molecule has 1 heterocycles. The third kappa shape index (κ3) is 4.18. The van der Waals surface area contributed by atoms with Crippen LogP contribution in [0.25, 0.3) is 10.2 Å². The van der Waals surface area contributed by atoms with Crippen molar-refractivity contribution in [3.8, 4) is 0 Å². The van der Waals surface area contributed by atoms with Crippen LogP contribution in [0.2, 0.25) is 0 Å². The topological polar surface area (TPSA) is 65.2 Å². The van der Waals surface area contributed by atoms with Crippen molar-refractivity contribution in [2.75, 3.05) is 6.61 Å². The van der Waals surface area contributed by atoms with Crippen LogP contribution in [0.15, 0.2) is 28.6 Å². The summed E-state index contributed by atoms with van der Waals surface area (Å²) in [5, 5.41) is 0.185. The normalized spacial score (nSPS) is 15.6. The zero-order chi connectivity index (χ0) is 15.5. The zero-order valence-corrected chi connectivity index (χ0v) is 14.1. The quantitative estimate of drug-likeness (QED) is 0.651. The van der Waals surface area contributed by atoms with Crippen LogP contribution in [0.5, 0.6) is 0 Å². The molecule has 2 aromatic rings. The minimum Gasteiger partial charge on any atom is -0.465 e. The van der Waals surface area contributed by atoms with Gasteiger partial charge in [-0.3, -0.25) is 4.79 Å². The van der Waals surface area contributed by atoms with E-state index in [9.17, 15) is 4.79 Å². The molecule has 2 unspecified atom stereocenters. The molecule has 4 nitrogen and oxygen atoms in total. The first-order chi connectivity index (χ1) is 9.92. The minimum absolute atomic E-state index is 0.185. The smallest absolute Gasteiger partial charge is 0.325 e. The molecule has 2 N–H and O–H groups in total. The molecule has 1 aromatic carbocycles. The van der Waals surface area contributed by atoms with Gasteiger partial charge in [0, 0.05) is 5.25 Å². The second-order valence-corrected chi connectivity index (χ2v) is 7.93. The number of esters is 1. The van der Waals surface area contributed by atoms with Crippen LogP contribution in [0.4, 0.5) is 0 Å². The highest BCUT2D eigenvalue weighted by Gasteiger charge is 2.32. The third-order valence-corrected chi connectivity index (χ3v) is 5.26. The summed E-state index contributed by atoms with van der Waals surface area (Å²) in [6, 6.07) is 8.06. The first-order valence-corrected chi connectivity index (χ1v) is 8.60. The van der Waals surface area contributed by atoms with Crippen molar-refractivity contribution in [2.45, 2.75) is 42.3 Å². The van der Waals surface area contributed by atoms with Crippen molar-refractivity contribution in [3.05, 3.63) is 24.3 Å². The first-order valence-electron chi connectivity index (χ1n) is 6.90. The highest BCUT2D eigenvalue weighted by atomic mass is 32.2. The number of carbonyl (C=O) groups is 1. The number of nitrogens with zero attached hydrogens (tertiary/aromatic N) is 1. The van der Waals surface area contributed by atoms with E-state index in [-0.39, 0.29) is 11.2 Å². The average Bonchev–Trinajstić information content (AvgIpc) is 2.80. The lowest BCUT2D eigenvalue weighted by molar-refractivity contribution is -0.149. The fourth-order valence-corrected chi connectivity index (χ4v) is 4.67. The van der Waals surface area contributed by atoms with Crippen molar-refractivity contribution in [2.24, 2.45) is 5.73 Å². The molecule has 0 saturated carbocycles. The van der Waals surface area contributed by atoms with Gasteiger partial charge in [0.1, 0.15) is 5.54 Å². The standard InChI is InChI=1S/C15H20N2O2S2/c1-4-19-13(18)15(3,16)9-10(2)20-14-17-11-7-5-6-8-12(11)21-14/h5-8,10H,4,9,16H2,1-3H3. The SMILES string of the molecule is CCOC(=O)C(C)(N)CC(C)Sc1nc2ccccc2s1. The Balaban J connectivity index is 2.00. The summed E-state index contributed by atoms with van der Waals surface area (Å²) in [7, 11) is 0. The highest BCUT2D eigenvalue weighted by Crippen LogP contribution is 2.34. The van der Waals surface area contributed by atoms with Gasteiger partial charge in [0.25, 0.3) is 0 Å². The first kappa shape index (κ1) is 16.3. The van der Waals surface area contributed by atoms with E-state index >= 15 is 0 Å². The largest absolute Gasteiger partial charge is 0.465 e. The van der Waals surface area contributed by atoms with Crippen molar-refractivity contribution in [1.29, 1.82) is 0 Å². The molecular formula is C15H20N2O2S2. The number of para-hydroxylation sites is 1. The second kappa shape index (κ2) is 6.77. The van der Waals surface area contributed by atoms with Crippen LogP contribution in [0.3, 0.4) is 0 Å². The van der Waals surface area contributed by atoms with E-state index < -0.39 is 5.54 Å². The van der Waals surface area contributed by atoms with E-state index in [1.54, 1.807) is 36.9 Å². The van der Waals surface area contributed by atoms with Crippen LogP contribution in [-0.4, -0.2) is 28.3 Å². The Morgan fingerprint density at radius 1 is 1.52 bits per heavy atom. The van der Waals surface area contributed by atoms with Crippen LogP contribution in [0.1, 0.15) is 27.2 Å². The summed E-state index contributed by atoms with van der Waals surface area (Å²) in [5.41, 5.74) is 6.12. The van der Waals surface area contributed by atoms with Gasteiger partial charge in [-0.15, -0.1) is 11.3 Å². The number of fused-ring (bicyclic) bond motifs is 1. The van der Waals surface area contributed by atoms with Crippen LogP contribution < -0.4 is 5.73 Å². The van der Waals surface area contributed by atoms with E-state index in [0.29, 0.717) is 13.0 Å². The Labute approximate surface area is 133 Å². The molecule has 0 spiro atoms. The molecule has 21 heavy (non-hydrogen) atoms. The van der Waals surface area contributed by atoms with E-state index in [0.717, 1.165) is 9.86 Å². The van der Waals surface area contributed by atoms with Crippen LogP contribution in [0, 0.1) is 0 Å². The summed E-state index contributed by atoms with van der Waals surface area (Å²) >= 11 is 3.32. The summed E-state index contributed by atoms with van der Waals surface area (Å²) in [4.78, 5) is 16.4. The number of hydrogen-bond donors (Lipinski definition) is 1. The Morgan fingerprint density at radius 2 is 2.24 bits per heavy atom. The Kier molecular flexibility index (Phi) is 5.24. The van der Waals surface area contributed by atoms with Crippen molar-refractivity contribution < 1.29 is 9.53 Å². The molecule has 0 aliphatic rings.